The number of nitrogens with zero attached hydrogens (tertiary/aromatic N) is 6. The van der Waals surface area contributed by atoms with Gasteiger partial charge >= 0.3 is 0 Å². The summed E-state index contributed by atoms with van der Waals surface area (Å²) in [6.45, 7) is 6.24. The molecule has 8 nitrogen and oxygen atoms in total. The van der Waals surface area contributed by atoms with Gasteiger partial charge < -0.3 is 9.88 Å². The summed E-state index contributed by atoms with van der Waals surface area (Å²) in [5.41, 5.74) is 3.80. The third-order valence-corrected chi connectivity index (χ3v) is 6.52. The summed E-state index contributed by atoms with van der Waals surface area (Å²) in [4.78, 5) is 21.1. The number of hydrogen-bond donors (Lipinski definition) is 1. The molecule has 5 rings (SSSR count). The van der Waals surface area contributed by atoms with Gasteiger partial charge in [0.1, 0.15) is 6.04 Å². The summed E-state index contributed by atoms with van der Waals surface area (Å²) in [6, 6.07) is 18.1. The smallest absolute Gasteiger partial charge is 0.253 e. The molecule has 1 aliphatic rings. The van der Waals surface area contributed by atoms with Gasteiger partial charge in [-0.1, -0.05) is 43.3 Å². The van der Waals surface area contributed by atoms with Crippen molar-refractivity contribution in [2.75, 3.05) is 33.2 Å². The van der Waals surface area contributed by atoms with Gasteiger partial charge in [0.15, 0.2) is 5.82 Å². The normalized spacial score (nSPS) is 16.3. The molecular weight excluding hydrogens is 414 g/mol. The third kappa shape index (κ3) is 4.44. The summed E-state index contributed by atoms with van der Waals surface area (Å²) in [5.74, 6) is 0.694. The largest absolute Gasteiger partial charge is 0.322 e. The molecule has 4 aromatic rings. The Bertz CT molecular complexity index is 1290. The van der Waals surface area contributed by atoms with Crippen LogP contribution in [0.1, 0.15) is 35.5 Å². The Kier molecular flexibility index (Phi) is 6.02. The van der Waals surface area contributed by atoms with Crippen LogP contribution in [0.5, 0.6) is 0 Å². The molecule has 1 aliphatic heterocycles. The van der Waals surface area contributed by atoms with E-state index >= 15 is 0 Å². The molecule has 2 aromatic heterocycles. The molecule has 1 N–H and O–H groups in total. The van der Waals surface area contributed by atoms with Crippen molar-refractivity contribution in [3.63, 3.8) is 0 Å². The van der Waals surface area contributed by atoms with Gasteiger partial charge in [-0.2, -0.15) is 0 Å². The molecular formula is C25H29N7O. The average molecular weight is 444 g/mol. The van der Waals surface area contributed by atoms with Gasteiger partial charge in [0, 0.05) is 37.3 Å². The molecule has 0 saturated carbocycles. The van der Waals surface area contributed by atoms with Crippen molar-refractivity contribution in [3.8, 4) is 0 Å². The molecule has 0 aliphatic carbocycles. The molecule has 170 valence electrons. The molecule has 0 spiro atoms. The van der Waals surface area contributed by atoms with Gasteiger partial charge in [0.2, 0.25) is 0 Å². The van der Waals surface area contributed by atoms with Crippen LogP contribution >= 0.6 is 0 Å². The number of H-pyrrole nitrogens is 1. The fraction of sp³-hybridized carbons (Fsp3) is 0.360. The predicted octanol–water partition coefficient (Wildman–Crippen LogP) is 2.46. The van der Waals surface area contributed by atoms with Crippen LogP contribution in [-0.4, -0.2) is 68.2 Å². The average Bonchev–Trinajstić information content (AvgIpc) is 3.28. The number of aromatic nitrogens is 5. The minimum absolute atomic E-state index is 0.0927. The zero-order valence-corrected chi connectivity index (χ0v) is 19.1. The highest BCUT2D eigenvalue weighted by Crippen LogP contribution is 2.28. The number of rotatable bonds is 6. The van der Waals surface area contributed by atoms with Gasteiger partial charge in [-0.15, -0.1) is 5.10 Å². The maximum Gasteiger partial charge on any atom is 0.253 e. The first-order valence-corrected chi connectivity index (χ1v) is 11.5. The third-order valence-electron chi connectivity index (χ3n) is 6.52. The summed E-state index contributed by atoms with van der Waals surface area (Å²) < 4.78 is 1.82. The fourth-order valence-corrected chi connectivity index (χ4v) is 4.55. The maximum atomic E-state index is 13.3. The Balaban J connectivity index is 1.61. The second-order valence-electron chi connectivity index (χ2n) is 8.75. The van der Waals surface area contributed by atoms with Crippen molar-refractivity contribution >= 4 is 10.9 Å². The van der Waals surface area contributed by atoms with E-state index < -0.39 is 0 Å². The minimum atomic E-state index is -0.323. The Morgan fingerprint density at radius 2 is 1.79 bits per heavy atom. The lowest BCUT2D eigenvalue weighted by Gasteiger charge is -2.37. The topological polar surface area (TPSA) is 82.9 Å². The fourth-order valence-electron chi connectivity index (χ4n) is 4.55. The van der Waals surface area contributed by atoms with E-state index in [0.717, 1.165) is 49.1 Å². The zero-order valence-electron chi connectivity index (χ0n) is 19.1. The van der Waals surface area contributed by atoms with Crippen molar-refractivity contribution in [2.45, 2.75) is 25.9 Å². The SMILES string of the molecule is CCc1ccc2[nH]c(=O)c([C@@H](c3nnnn3Cc3ccccc3)N3CCN(C)CC3)cc2c1. The molecule has 1 saturated heterocycles. The number of likely N-dealkylation sites (N-methyl/N-ethyl adjacent to an activating group) is 1. The Hall–Kier alpha value is -3.36. The van der Waals surface area contributed by atoms with Crippen LogP contribution in [0.3, 0.4) is 0 Å². The Labute approximate surface area is 192 Å². The number of piperazine rings is 1. The maximum absolute atomic E-state index is 13.3. The predicted molar refractivity (Wildman–Crippen MR) is 128 cm³/mol. The summed E-state index contributed by atoms with van der Waals surface area (Å²) >= 11 is 0. The van der Waals surface area contributed by atoms with Crippen LogP contribution in [0.4, 0.5) is 0 Å². The lowest BCUT2D eigenvalue weighted by molar-refractivity contribution is 0.121. The molecule has 2 aromatic carbocycles. The van der Waals surface area contributed by atoms with Crippen LogP contribution in [0, 0.1) is 0 Å². The van der Waals surface area contributed by atoms with Crippen molar-refractivity contribution < 1.29 is 0 Å². The van der Waals surface area contributed by atoms with E-state index in [1.807, 2.05) is 35.0 Å². The molecule has 0 bridgehead atoms. The molecule has 8 heteroatoms. The minimum Gasteiger partial charge on any atom is -0.322 e. The zero-order chi connectivity index (χ0) is 22.8. The quantitative estimate of drug-likeness (QED) is 0.493. The van der Waals surface area contributed by atoms with E-state index in [9.17, 15) is 4.79 Å². The van der Waals surface area contributed by atoms with Gasteiger partial charge in [-0.05, 0) is 58.6 Å². The van der Waals surface area contributed by atoms with E-state index in [1.165, 1.54) is 5.56 Å². The first-order valence-electron chi connectivity index (χ1n) is 11.5. The number of aromatic amines is 1. The van der Waals surface area contributed by atoms with Crippen LogP contribution in [0.2, 0.25) is 0 Å². The standard InChI is InChI=1S/C25H29N7O/c1-3-18-9-10-22-20(15-18)16-21(25(33)26-22)23(31-13-11-30(2)12-14-31)24-27-28-29-32(24)17-19-7-5-4-6-8-19/h4-10,15-16,23H,3,11-14,17H2,1-2H3,(H,26,33)/t23-/m0/s1. The molecule has 0 amide bonds. The Morgan fingerprint density at radius 1 is 1.00 bits per heavy atom. The number of fused-ring (bicyclic) bond motifs is 1. The highest BCUT2D eigenvalue weighted by atomic mass is 16.1. The molecule has 33 heavy (non-hydrogen) atoms. The van der Waals surface area contributed by atoms with Gasteiger partial charge in [0.05, 0.1) is 6.54 Å². The number of nitrogens with one attached hydrogen (secondary N) is 1. The van der Waals surface area contributed by atoms with E-state index in [-0.39, 0.29) is 11.6 Å². The summed E-state index contributed by atoms with van der Waals surface area (Å²) in [6.07, 6.45) is 0.946. The second kappa shape index (κ2) is 9.25. The van der Waals surface area contributed by atoms with Gasteiger partial charge in [-0.3, -0.25) is 9.69 Å². The molecule has 3 heterocycles. The number of hydrogen-bond acceptors (Lipinski definition) is 6. The number of aryl methyl sites for hydroxylation is 1. The van der Waals surface area contributed by atoms with Crippen LogP contribution in [-0.2, 0) is 13.0 Å². The highest BCUT2D eigenvalue weighted by molar-refractivity contribution is 5.80. The summed E-state index contributed by atoms with van der Waals surface area (Å²) in [5, 5.41) is 13.8. The van der Waals surface area contributed by atoms with E-state index in [0.29, 0.717) is 17.9 Å². The second-order valence-corrected chi connectivity index (χ2v) is 8.75. The van der Waals surface area contributed by atoms with Gasteiger partial charge in [0.25, 0.3) is 5.56 Å². The van der Waals surface area contributed by atoms with Crippen molar-refractivity contribution in [2.24, 2.45) is 0 Å². The Morgan fingerprint density at radius 3 is 2.55 bits per heavy atom. The van der Waals surface area contributed by atoms with Crippen LogP contribution in [0.15, 0.2) is 59.4 Å². The molecule has 0 unspecified atom stereocenters. The number of pyridine rings is 1. The van der Waals surface area contributed by atoms with E-state index in [4.69, 9.17) is 0 Å². The molecule has 1 fully saturated rings. The summed E-state index contributed by atoms with van der Waals surface area (Å²) in [7, 11) is 2.13. The van der Waals surface area contributed by atoms with Crippen LogP contribution < -0.4 is 5.56 Å². The first kappa shape index (κ1) is 21.5. The lowest BCUT2D eigenvalue weighted by Crippen LogP contribution is -2.47. The van der Waals surface area contributed by atoms with Gasteiger partial charge in [-0.25, -0.2) is 4.68 Å². The number of benzene rings is 2. The monoisotopic (exact) mass is 443 g/mol. The van der Waals surface area contributed by atoms with Crippen LogP contribution in [0.25, 0.3) is 10.9 Å². The van der Waals surface area contributed by atoms with Crippen molar-refractivity contribution in [3.05, 3.63) is 87.5 Å². The highest BCUT2D eigenvalue weighted by Gasteiger charge is 2.32. The number of tetrazole rings is 1. The van der Waals surface area contributed by atoms with Crippen molar-refractivity contribution in [1.82, 2.24) is 35.0 Å². The first-order chi connectivity index (χ1) is 16.1. The van der Waals surface area contributed by atoms with Crippen molar-refractivity contribution in [1.29, 1.82) is 0 Å². The molecule has 0 radical (unpaired) electrons. The lowest BCUT2D eigenvalue weighted by atomic mass is 10.0. The molecule has 1 atom stereocenters. The van der Waals surface area contributed by atoms with E-state index in [2.05, 4.69) is 68.5 Å². The van der Waals surface area contributed by atoms with E-state index in [1.54, 1.807) is 0 Å².